The first-order chi connectivity index (χ1) is 25.2. The van der Waals surface area contributed by atoms with Crippen molar-refractivity contribution in [1.82, 2.24) is 51.6 Å². The van der Waals surface area contributed by atoms with Crippen LogP contribution in [-0.4, -0.2) is 85.3 Å². The first-order valence-corrected chi connectivity index (χ1v) is 18.1. The van der Waals surface area contributed by atoms with Gasteiger partial charge in [0.25, 0.3) is 23.6 Å². The van der Waals surface area contributed by atoms with Crippen LogP contribution in [0.3, 0.4) is 0 Å². The van der Waals surface area contributed by atoms with Crippen LogP contribution in [0.15, 0.2) is 71.6 Å². The molecule has 0 aliphatic carbocycles. The van der Waals surface area contributed by atoms with Crippen molar-refractivity contribution in [3.8, 4) is 38.1 Å². The van der Waals surface area contributed by atoms with Crippen molar-refractivity contribution in [2.75, 3.05) is 26.2 Å². The number of nitrogens with one attached hydrogen (secondary N) is 6. The van der Waals surface area contributed by atoms with Crippen molar-refractivity contribution in [3.05, 3.63) is 99.4 Å². The molecule has 6 rings (SSSR count). The summed E-state index contributed by atoms with van der Waals surface area (Å²) in [7, 11) is 0. The number of rotatable bonds is 15. The zero-order valence-corrected chi connectivity index (χ0v) is 29.6. The molecule has 0 aromatic carbocycles. The molecule has 0 fully saturated rings. The van der Waals surface area contributed by atoms with E-state index in [1.165, 1.54) is 35.7 Å². The molecule has 266 valence electrons. The first kappa shape index (κ1) is 35.9. The number of aromatic hydroxyl groups is 1. The molecule has 6 heterocycles. The molecule has 0 bridgehead atoms. The van der Waals surface area contributed by atoms with Gasteiger partial charge in [0.1, 0.15) is 17.1 Å². The number of amides is 4. The third kappa shape index (κ3) is 9.25. The van der Waals surface area contributed by atoms with Gasteiger partial charge in [-0.15, -0.1) is 22.7 Å². The van der Waals surface area contributed by atoms with E-state index in [2.05, 4.69) is 51.6 Å². The Labute approximate surface area is 309 Å². The summed E-state index contributed by atoms with van der Waals surface area (Å²) >= 11 is 9.31. The van der Waals surface area contributed by atoms with Gasteiger partial charge in [-0.05, 0) is 66.8 Å². The van der Waals surface area contributed by atoms with Gasteiger partial charge in [-0.1, -0.05) is 17.7 Å². The molecule has 0 saturated carbocycles. The Balaban J connectivity index is 0.946. The fourth-order valence-corrected chi connectivity index (χ4v) is 6.57. The van der Waals surface area contributed by atoms with Gasteiger partial charge >= 0.3 is 0 Å². The number of carbonyl (C=O) groups excluding carboxylic acids is 4. The number of hydrogen-bond donors (Lipinski definition) is 7. The molecule has 0 atom stereocenters. The van der Waals surface area contributed by atoms with E-state index in [0.717, 1.165) is 21.0 Å². The Hall–Kier alpha value is -5.91. The number of H-pyrrole nitrogens is 2. The lowest BCUT2D eigenvalue weighted by atomic mass is 10.1. The maximum Gasteiger partial charge on any atom is 0.271 e. The average molecular weight is 759 g/mol. The topological polar surface area (TPSA) is 220 Å². The van der Waals surface area contributed by atoms with E-state index in [-0.39, 0.29) is 46.2 Å². The molecule has 18 heteroatoms. The van der Waals surface area contributed by atoms with Crippen LogP contribution in [0.1, 0.15) is 54.8 Å². The van der Waals surface area contributed by atoms with Gasteiger partial charge in [0.2, 0.25) is 0 Å². The standard InChI is InChI=1S/C34H31ClN10O5S2/c35-20-13-23(41-26(14-20)32(48)37-8-3-10-38-33(49)27-15-24(42-44-27)29-4-1-11-51-29)19-12-30(52-18-19)25-16-28(45-43-25)34(50)39-9-2-7-36-31(47)22-6-5-21(46)17-40-22/h1,4-6,11-18,46H,2-3,7-10H2,(H,36,47)(H,37,48)(H,38,49)(H,39,50)(H,42,44)(H,43,45). The van der Waals surface area contributed by atoms with E-state index in [0.29, 0.717) is 55.4 Å². The molecule has 7 N–H and O–H groups in total. The predicted octanol–water partition coefficient (Wildman–Crippen LogP) is 4.51. The van der Waals surface area contributed by atoms with E-state index >= 15 is 0 Å². The Morgan fingerprint density at radius 1 is 0.692 bits per heavy atom. The van der Waals surface area contributed by atoms with Crippen molar-refractivity contribution >= 4 is 57.9 Å². The molecule has 52 heavy (non-hydrogen) atoms. The summed E-state index contributed by atoms with van der Waals surface area (Å²) in [5.74, 6) is -1.49. The summed E-state index contributed by atoms with van der Waals surface area (Å²) in [4.78, 5) is 60.3. The second kappa shape index (κ2) is 16.9. The highest BCUT2D eigenvalue weighted by atomic mass is 35.5. The third-order valence-electron chi connectivity index (χ3n) is 7.42. The van der Waals surface area contributed by atoms with Crippen molar-refractivity contribution in [3.63, 3.8) is 0 Å². The molecule has 0 spiro atoms. The third-order valence-corrected chi connectivity index (χ3v) is 9.51. The summed E-state index contributed by atoms with van der Waals surface area (Å²) in [5, 5.41) is 38.5. The molecule has 15 nitrogen and oxygen atoms in total. The van der Waals surface area contributed by atoms with E-state index in [9.17, 15) is 24.3 Å². The number of hydrogen-bond acceptors (Lipinski definition) is 11. The summed E-state index contributed by atoms with van der Waals surface area (Å²) in [5.41, 5.74) is 3.44. The molecule has 6 aromatic heterocycles. The van der Waals surface area contributed by atoms with Gasteiger partial charge in [0.05, 0.1) is 33.0 Å². The Morgan fingerprint density at radius 2 is 1.29 bits per heavy atom. The van der Waals surface area contributed by atoms with Gasteiger partial charge < -0.3 is 26.4 Å². The van der Waals surface area contributed by atoms with Gasteiger partial charge in [-0.2, -0.15) is 10.2 Å². The fraction of sp³-hybridized carbons (Fsp3) is 0.176. The van der Waals surface area contributed by atoms with Crippen molar-refractivity contribution in [1.29, 1.82) is 0 Å². The smallest absolute Gasteiger partial charge is 0.271 e. The lowest BCUT2D eigenvalue weighted by Crippen LogP contribution is -2.30. The summed E-state index contributed by atoms with van der Waals surface area (Å²) in [6.45, 7) is 1.27. The summed E-state index contributed by atoms with van der Waals surface area (Å²) in [6.07, 6.45) is 2.16. The molecule has 0 radical (unpaired) electrons. The molecule has 0 saturated heterocycles. The van der Waals surface area contributed by atoms with E-state index in [1.807, 2.05) is 29.0 Å². The largest absolute Gasteiger partial charge is 0.506 e. The second-order valence-electron chi connectivity index (χ2n) is 11.2. The quantitative estimate of drug-likeness (QED) is 0.0732. The van der Waals surface area contributed by atoms with Gasteiger partial charge in [0, 0.05) is 42.1 Å². The minimum atomic E-state index is -0.403. The molecule has 4 amide bonds. The number of aromatic amines is 2. The van der Waals surface area contributed by atoms with Crippen LogP contribution in [0.5, 0.6) is 5.75 Å². The molecule has 0 aliphatic rings. The lowest BCUT2D eigenvalue weighted by Gasteiger charge is -2.07. The second-order valence-corrected chi connectivity index (χ2v) is 13.5. The SMILES string of the molecule is O=C(NCCCNC(=O)c1cc(-c2cc(-c3cc(Cl)cc(C(=O)NCCCNC(=O)c4cc(-c5cccs5)[nH]n4)n3)cs2)[nH]n1)c1ccc(O)cn1. The van der Waals surface area contributed by atoms with Crippen molar-refractivity contribution in [2.45, 2.75) is 12.8 Å². The van der Waals surface area contributed by atoms with E-state index in [4.69, 9.17) is 11.6 Å². The highest BCUT2D eigenvalue weighted by Crippen LogP contribution is 2.32. The molecular weight excluding hydrogens is 728 g/mol. The zero-order chi connectivity index (χ0) is 36.5. The van der Waals surface area contributed by atoms with Crippen LogP contribution in [-0.2, 0) is 0 Å². The van der Waals surface area contributed by atoms with Crippen LogP contribution in [0.4, 0.5) is 0 Å². The first-order valence-electron chi connectivity index (χ1n) is 15.9. The Morgan fingerprint density at radius 3 is 1.87 bits per heavy atom. The van der Waals surface area contributed by atoms with Crippen molar-refractivity contribution in [2.24, 2.45) is 0 Å². The van der Waals surface area contributed by atoms with Crippen molar-refractivity contribution < 1.29 is 24.3 Å². The Bertz CT molecular complexity index is 2180. The number of pyridine rings is 2. The lowest BCUT2D eigenvalue weighted by molar-refractivity contribution is 0.0930. The fourth-order valence-electron chi connectivity index (χ4n) is 4.80. The molecular formula is C34H31ClN10O5S2. The Kier molecular flexibility index (Phi) is 11.6. The zero-order valence-electron chi connectivity index (χ0n) is 27.2. The minimum absolute atomic E-state index is 0.0292. The maximum absolute atomic E-state index is 12.9. The predicted molar refractivity (Wildman–Crippen MR) is 197 cm³/mol. The number of thiophene rings is 2. The number of carbonyl (C=O) groups is 4. The van der Waals surface area contributed by atoms with E-state index in [1.54, 1.807) is 29.5 Å². The molecule has 6 aromatic rings. The van der Waals surface area contributed by atoms with Crippen LogP contribution < -0.4 is 21.3 Å². The summed E-state index contributed by atoms with van der Waals surface area (Å²) in [6, 6.07) is 15.0. The van der Waals surface area contributed by atoms with Gasteiger partial charge in [0.15, 0.2) is 11.4 Å². The van der Waals surface area contributed by atoms with Crippen LogP contribution in [0.25, 0.3) is 32.4 Å². The highest BCUT2D eigenvalue weighted by Gasteiger charge is 2.16. The number of aromatic nitrogens is 6. The maximum atomic E-state index is 12.9. The molecule has 0 aliphatic heterocycles. The normalized spacial score (nSPS) is 10.9. The highest BCUT2D eigenvalue weighted by molar-refractivity contribution is 7.14. The van der Waals surface area contributed by atoms with Gasteiger partial charge in [-0.3, -0.25) is 29.4 Å². The summed E-state index contributed by atoms with van der Waals surface area (Å²) < 4.78 is 0. The van der Waals surface area contributed by atoms with Crippen LogP contribution >= 0.6 is 34.3 Å². The minimum Gasteiger partial charge on any atom is -0.506 e. The number of nitrogens with zero attached hydrogens (tertiary/aromatic N) is 4. The monoisotopic (exact) mass is 758 g/mol. The van der Waals surface area contributed by atoms with Crippen LogP contribution in [0, 0.1) is 0 Å². The molecule has 0 unspecified atom stereocenters. The van der Waals surface area contributed by atoms with Gasteiger partial charge in [-0.25, -0.2) is 9.97 Å². The van der Waals surface area contributed by atoms with Crippen LogP contribution in [0.2, 0.25) is 5.02 Å². The van der Waals surface area contributed by atoms with E-state index < -0.39 is 5.91 Å². The average Bonchev–Trinajstić information content (AvgIpc) is 3.98. The number of halogens is 1.